The summed E-state index contributed by atoms with van der Waals surface area (Å²) in [5.41, 5.74) is 2.28. The molecule has 0 atom stereocenters. The van der Waals surface area contributed by atoms with Crippen LogP contribution in [-0.2, 0) is 0 Å². The van der Waals surface area contributed by atoms with Crippen LogP contribution in [0.25, 0.3) is 0 Å². The maximum absolute atomic E-state index is 12.2. The Labute approximate surface area is 128 Å². The van der Waals surface area contributed by atoms with E-state index in [0.717, 1.165) is 5.69 Å². The van der Waals surface area contributed by atoms with Crippen molar-refractivity contribution >= 4 is 34.8 Å². The number of halogens is 2. The van der Waals surface area contributed by atoms with Crippen molar-refractivity contribution in [2.75, 3.05) is 5.32 Å². The highest BCUT2D eigenvalue weighted by molar-refractivity contribution is 6.36. The van der Waals surface area contributed by atoms with Crippen molar-refractivity contribution in [3.05, 3.63) is 63.6 Å². The van der Waals surface area contributed by atoms with Crippen LogP contribution in [0.1, 0.15) is 35.7 Å². The minimum atomic E-state index is -0.265. The average Bonchev–Trinajstić information content (AvgIpc) is 2.41. The number of rotatable bonds is 3. The Morgan fingerprint density at radius 2 is 1.85 bits per heavy atom. The smallest absolute Gasteiger partial charge is 0.257 e. The lowest BCUT2D eigenvalue weighted by atomic mass is 10.0. The molecule has 0 aliphatic rings. The first-order valence-electron chi connectivity index (χ1n) is 6.33. The van der Waals surface area contributed by atoms with E-state index in [1.165, 1.54) is 5.56 Å². The average molecular weight is 308 g/mol. The predicted octanol–water partition coefficient (Wildman–Crippen LogP) is 5.37. The topological polar surface area (TPSA) is 29.1 Å². The first-order chi connectivity index (χ1) is 9.47. The number of anilines is 1. The van der Waals surface area contributed by atoms with Crippen molar-refractivity contribution in [1.82, 2.24) is 0 Å². The molecule has 0 radical (unpaired) electrons. The standard InChI is InChI=1S/C16H15Cl2NO/c1-10(2)11-4-3-5-13(8-11)19-16(20)14-9-12(17)6-7-15(14)18/h3-10H,1-2H3,(H,19,20). The van der Waals surface area contributed by atoms with E-state index >= 15 is 0 Å². The largest absolute Gasteiger partial charge is 0.322 e. The maximum atomic E-state index is 12.2. The molecule has 0 spiro atoms. The molecule has 2 rings (SSSR count). The van der Waals surface area contributed by atoms with E-state index in [2.05, 4.69) is 19.2 Å². The molecule has 0 unspecified atom stereocenters. The molecular formula is C16H15Cl2NO. The van der Waals surface area contributed by atoms with E-state index in [1.54, 1.807) is 18.2 Å². The molecule has 0 saturated heterocycles. The third-order valence-corrected chi connectivity index (χ3v) is 3.55. The first-order valence-corrected chi connectivity index (χ1v) is 7.09. The van der Waals surface area contributed by atoms with E-state index in [9.17, 15) is 4.79 Å². The molecule has 2 aromatic rings. The minimum absolute atomic E-state index is 0.265. The normalized spacial score (nSPS) is 10.7. The van der Waals surface area contributed by atoms with Crippen molar-refractivity contribution < 1.29 is 4.79 Å². The highest BCUT2D eigenvalue weighted by Crippen LogP contribution is 2.23. The Morgan fingerprint density at radius 1 is 1.10 bits per heavy atom. The Morgan fingerprint density at radius 3 is 2.55 bits per heavy atom. The van der Waals surface area contributed by atoms with E-state index in [4.69, 9.17) is 23.2 Å². The fourth-order valence-corrected chi connectivity index (χ4v) is 2.22. The fourth-order valence-electron chi connectivity index (χ4n) is 1.85. The number of nitrogens with one attached hydrogen (secondary N) is 1. The number of hydrogen-bond acceptors (Lipinski definition) is 1. The summed E-state index contributed by atoms with van der Waals surface area (Å²) >= 11 is 11.9. The molecule has 0 aliphatic heterocycles. The first kappa shape index (κ1) is 14.9. The zero-order valence-corrected chi connectivity index (χ0v) is 12.8. The molecule has 0 fully saturated rings. The van der Waals surface area contributed by atoms with Gasteiger partial charge >= 0.3 is 0 Å². The van der Waals surface area contributed by atoms with Crippen LogP contribution < -0.4 is 5.32 Å². The molecule has 0 heterocycles. The quantitative estimate of drug-likeness (QED) is 0.811. The third-order valence-electron chi connectivity index (χ3n) is 2.98. The molecule has 2 aromatic carbocycles. The fraction of sp³-hybridized carbons (Fsp3) is 0.188. The van der Waals surface area contributed by atoms with Gasteiger partial charge in [0.2, 0.25) is 0 Å². The summed E-state index contributed by atoms with van der Waals surface area (Å²) in [5.74, 6) is 0.139. The molecule has 20 heavy (non-hydrogen) atoms. The Bertz CT molecular complexity index is 638. The SMILES string of the molecule is CC(C)c1cccc(NC(=O)c2cc(Cl)ccc2Cl)c1. The van der Waals surface area contributed by atoms with Crippen LogP contribution in [0.2, 0.25) is 10.0 Å². The van der Waals surface area contributed by atoms with E-state index in [0.29, 0.717) is 21.5 Å². The summed E-state index contributed by atoms with van der Waals surface area (Å²) in [4.78, 5) is 12.2. The zero-order valence-electron chi connectivity index (χ0n) is 11.3. The van der Waals surface area contributed by atoms with Crippen molar-refractivity contribution in [2.45, 2.75) is 19.8 Å². The molecule has 0 aromatic heterocycles. The van der Waals surface area contributed by atoms with Gasteiger partial charge in [0.1, 0.15) is 0 Å². The lowest BCUT2D eigenvalue weighted by Crippen LogP contribution is -2.12. The van der Waals surface area contributed by atoms with Crippen molar-refractivity contribution in [2.24, 2.45) is 0 Å². The minimum Gasteiger partial charge on any atom is -0.322 e. The van der Waals surface area contributed by atoms with Gasteiger partial charge in [-0.3, -0.25) is 4.79 Å². The van der Waals surface area contributed by atoms with Gasteiger partial charge in [-0.15, -0.1) is 0 Å². The van der Waals surface area contributed by atoms with Crippen molar-refractivity contribution in [1.29, 1.82) is 0 Å². The van der Waals surface area contributed by atoms with E-state index < -0.39 is 0 Å². The molecule has 2 nitrogen and oxygen atoms in total. The summed E-state index contributed by atoms with van der Waals surface area (Å²) in [6, 6.07) is 12.6. The van der Waals surface area contributed by atoms with Crippen LogP contribution >= 0.6 is 23.2 Å². The van der Waals surface area contributed by atoms with Gasteiger partial charge in [-0.2, -0.15) is 0 Å². The van der Waals surface area contributed by atoms with Crippen molar-refractivity contribution in [3.63, 3.8) is 0 Å². The third kappa shape index (κ3) is 3.53. The second kappa shape index (κ2) is 6.29. The molecule has 0 bridgehead atoms. The van der Waals surface area contributed by atoms with Crippen LogP contribution in [0.4, 0.5) is 5.69 Å². The second-order valence-corrected chi connectivity index (χ2v) is 5.70. The Hall–Kier alpha value is -1.51. The van der Waals surface area contributed by atoms with Gasteiger partial charge < -0.3 is 5.32 Å². The predicted molar refractivity (Wildman–Crippen MR) is 84.9 cm³/mol. The van der Waals surface area contributed by atoms with E-state index in [1.807, 2.05) is 24.3 Å². The van der Waals surface area contributed by atoms with Gasteiger partial charge in [0, 0.05) is 10.7 Å². The molecule has 0 saturated carbocycles. The van der Waals surface area contributed by atoms with Crippen LogP contribution in [-0.4, -0.2) is 5.91 Å². The molecular weight excluding hydrogens is 293 g/mol. The van der Waals surface area contributed by atoms with Gasteiger partial charge in [-0.25, -0.2) is 0 Å². The lowest BCUT2D eigenvalue weighted by molar-refractivity contribution is 0.102. The van der Waals surface area contributed by atoms with Crippen LogP contribution in [0.3, 0.4) is 0 Å². The summed E-state index contributed by atoms with van der Waals surface area (Å²) < 4.78 is 0. The van der Waals surface area contributed by atoms with Crippen molar-refractivity contribution in [3.8, 4) is 0 Å². The van der Waals surface area contributed by atoms with Gasteiger partial charge in [0.15, 0.2) is 0 Å². The van der Waals surface area contributed by atoms with Gasteiger partial charge in [0.25, 0.3) is 5.91 Å². The molecule has 4 heteroatoms. The van der Waals surface area contributed by atoms with Gasteiger partial charge in [0.05, 0.1) is 10.6 Å². The maximum Gasteiger partial charge on any atom is 0.257 e. The number of carbonyl (C=O) groups is 1. The highest BCUT2D eigenvalue weighted by Gasteiger charge is 2.11. The molecule has 104 valence electrons. The molecule has 0 aliphatic carbocycles. The second-order valence-electron chi connectivity index (χ2n) is 4.86. The summed E-state index contributed by atoms with van der Waals surface area (Å²) in [5, 5.41) is 3.70. The lowest BCUT2D eigenvalue weighted by Gasteiger charge is -2.10. The Balaban J connectivity index is 2.23. The monoisotopic (exact) mass is 307 g/mol. The van der Waals surface area contributed by atoms with Crippen LogP contribution in [0.15, 0.2) is 42.5 Å². The highest BCUT2D eigenvalue weighted by atomic mass is 35.5. The van der Waals surface area contributed by atoms with Crippen LogP contribution in [0.5, 0.6) is 0 Å². The number of amides is 1. The summed E-state index contributed by atoms with van der Waals surface area (Å²) in [6.07, 6.45) is 0. The van der Waals surface area contributed by atoms with E-state index in [-0.39, 0.29) is 5.91 Å². The number of hydrogen-bond donors (Lipinski definition) is 1. The number of carbonyl (C=O) groups excluding carboxylic acids is 1. The van der Waals surface area contributed by atoms with Gasteiger partial charge in [-0.05, 0) is 41.8 Å². The summed E-state index contributed by atoms with van der Waals surface area (Å²) in [7, 11) is 0. The number of benzene rings is 2. The molecule has 1 N–H and O–H groups in total. The zero-order chi connectivity index (χ0) is 14.7. The van der Waals surface area contributed by atoms with Gasteiger partial charge in [-0.1, -0.05) is 49.2 Å². The Kier molecular flexibility index (Phi) is 4.69. The summed E-state index contributed by atoms with van der Waals surface area (Å²) in [6.45, 7) is 4.21. The molecule has 1 amide bonds. The van der Waals surface area contributed by atoms with Crippen LogP contribution in [0, 0.1) is 0 Å².